The molecule has 3 nitrogen and oxygen atoms in total. The van der Waals surface area contributed by atoms with Crippen molar-refractivity contribution in [2.24, 2.45) is 0 Å². The highest BCUT2D eigenvalue weighted by Crippen LogP contribution is 2.23. The molecule has 0 aliphatic rings. The van der Waals surface area contributed by atoms with E-state index >= 15 is 0 Å². The molecule has 0 radical (unpaired) electrons. The van der Waals surface area contributed by atoms with Crippen LogP contribution in [0.15, 0.2) is 6.07 Å². The minimum absolute atomic E-state index is 0.0354. The molecule has 0 bridgehead atoms. The van der Waals surface area contributed by atoms with Crippen molar-refractivity contribution in [3.05, 3.63) is 28.6 Å². The van der Waals surface area contributed by atoms with Crippen molar-refractivity contribution in [1.82, 2.24) is 4.98 Å². The highest BCUT2D eigenvalue weighted by atomic mass is 19.3. The summed E-state index contributed by atoms with van der Waals surface area (Å²) in [5, 5.41) is 17.1. The molecule has 0 aromatic carbocycles. The summed E-state index contributed by atoms with van der Waals surface area (Å²) in [5.41, 5.74) is 0.0480. The zero-order valence-electron chi connectivity index (χ0n) is 7.96. The predicted octanol–water partition coefficient (Wildman–Crippen LogP) is 2.27. The normalized spacial score (nSPS) is 9.73. The molecular weight excluding hydrogens is 200 g/mol. The van der Waals surface area contributed by atoms with Crippen molar-refractivity contribution in [2.75, 3.05) is 0 Å². The molecule has 0 saturated heterocycles. The lowest BCUT2D eigenvalue weighted by atomic mass is 10.1. The van der Waals surface area contributed by atoms with Gasteiger partial charge in [-0.2, -0.15) is 10.5 Å². The van der Waals surface area contributed by atoms with Crippen LogP contribution in [0.1, 0.15) is 28.9 Å². The minimum Gasteiger partial charge on any atom is -0.249 e. The van der Waals surface area contributed by atoms with Gasteiger partial charge in [0.2, 0.25) is 0 Å². The van der Waals surface area contributed by atoms with Gasteiger partial charge in [-0.05, 0) is 18.6 Å². The number of nitrogens with zero attached hydrogens (tertiary/aromatic N) is 3. The van der Waals surface area contributed by atoms with E-state index in [4.69, 9.17) is 10.5 Å². The Bertz CT molecular complexity index is 455. The fraction of sp³-hybridized carbons (Fsp3) is 0.300. The zero-order valence-corrected chi connectivity index (χ0v) is 7.96. The first kappa shape index (κ1) is 11.1. The Labute approximate surface area is 85.6 Å². The maximum absolute atomic E-state index is 12.5. The average molecular weight is 207 g/mol. The summed E-state index contributed by atoms with van der Waals surface area (Å²) in [7, 11) is 0. The highest BCUT2D eigenvalue weighted by molar-refractivity contribution is 5.42. The smallest absolute Gasteiger partial charge is 0.249 e. The lowest BCUT2D eigenvalue weighted by molar-refractivity contribution is 0.145. The van der Waals surface area contributed by atoms with Gasteiger partial charge in [0.05, 0.1) is 23.7 Å². The maximum Gasteiger partial charge on any atom is 0.281 e. The van der Waals surface area contributed by atoms with Gasteiger partial charge < -0.3 is 0 Å². The van der Waals surface area contributed by atoms with E-state index in [-0.39, 0.29) is 17.7 Å². The Balaban J connectivity index is 3.35. The molecule has 0 amide bonds. The molecule has 0 spiro atoms. The number of rotatable bonds is 2. The van der Waals surface area contributed by atoms with Gasteiger partial charge in [0.1, 0.15) is 11.8 Å². The standard InChI is InChI=1S/C10H7F2N3/c1-6-4-7(2-3-13)15-9(10(11)12)8(6)5-14/h4,10H,2H2,1H3. The van der Waals surface area contributed by atoms with Gasteiger partial charge in [-0.25, -0.2) is 13.8 Å². The summed E-state index contributed by atoms with van der Waals surface area (Å²) in [4.78, 5) is 3.60. The Morgan fingerprint density at radius 2 is 2.13 bits per heavy atom. The van der Waals surface area contributed by atoms with Crippen LogP contribution in [0.3, 0.4) is 0 Å². The quantitative estimate of drug-likeness (QED) is 0.747. The van der Waals surface area contributed by atoms with Gasteiger partial charge in [0, 0.05) is 0 Å². The second-order valence-corrected chi connectivity index (χ2v) is 2.94. The summed E-state index contributed by atoms with van der Waals surface area (Å²) in [6.45, 7) is 1.55. The van der Waals surface area contributed by atoms with Crippen LogP contribution >= 0.6 is 0 Å². The van der Waals surface area contributed by atoms with Crippen molar-refractivity contribution in [1.29, 1.82) is 10.5 Å². The van der Waals surface area contributed by atoms with E-state index in [1.54, 1.807) is 13.0 Å². The number of nitriles is 2. The zero-order chi connectivity index (χ0) is 11.4. The Morgan fingerprint density at radius 1 is 1.47 bits per heavy atom. The molecule has 1 aromatic heterocycles. The summed E-state index contributed by atoms with van der Waals surface area (Å²) in [6, 6.07) is 4.99. The van der Waals surface area contributed by atoms with E-state index in [2.05, 4.69) is 4.98 Å². The van der Waals surface area contributed by atoms with Crippen molar-refractivity contribution in [2.45, 2.75) is 19.8 Å². The van der Waals surface area contributed by atoms with Crippen molar-refractivity contribution >= 4 is 0 Å². The molecular formula is C10H7F2N3. The Kier molecular flexibility index (Phi) is 3.30. The molecule has 0 unspecified atom stereocenters. The Hall–Kier alpha value is -2.01. The average Bonchev–Trinajstić information content (AvgIpc) is 2.17. The first-order valence-corrected chi connectivity index (χ1v) is 4.15. The monoisotopic (exact) mass is 207 g/mol. The Morgan fingerprint density at radius 3 is 2.60 bits per heavy atom. The summed E-state index contributed by atoms with van der Waals surface area (Å²) in [6.07, 6.45) is -2.83. The number of hydrogen-bond acceptors (Lipinski definition) is 3. The van der Waals surface area contributed by atoms with Crippen LogP contribution in [0.5, 0.6) is 0 Å². The van der Waals surface area contributed by atoms with Crippen LogP contribution in [0, 0.1) is 29.6 Å². The minimum atomic E-state index is -2.79. The first-order valence-electron chi connectivity index (χ1n) is 4.15. The summed E-state index contributed by atoms with van der Waals surface area (Å²) >= 11 is 0. The van der Waals surface area contributed by atoms with Gasteiger partial charge in [0.15, 0.2) is 0 Å². The number of aromatic nitrogens is 1. The summed E-state index contributed by atoms with van der Waals surface area (Å²) < 4.78 is 25.0. The van der Waals surface area contributed by atoms with Crippen molar-refractivity contribution < 1.29 is 8.78 Å². The molecule has 76 valence electrons. The van der Waals surface area contributed by atoms with Crippen molar-refractivity contribution in [3.63, 3.8) is 0 Å². The van der Waals surface area contributed by atoms with E-state index in [9.17, 15) is 8.78 Å². The fourth-order valence-corrected chi connectivity index (χ4v) is 1.24. The van der Waals surface area contributed by atoms with E-state index in [1.807, 2.05) is 6.07 Å². The molecule has 15 heavy (non-hydrogen) atoms. The van der Waals surface area contributed by atoms with Crippen LogP contribution in [0.2, 0.25) is 0 Å². The van der Waals surface area contributed by atoms with Gasteiger partial charge in [-0.15, -0.1) is 0 Å². The van der Waals surface area contributed by atoms with Crippen molar-refractivity contribution in [3.8, 4) is 12.1 Å². The lowest BCUT2D eigenvalue weighted by Crippen LogP contribution is -2.02. The van der Waals surface area contributed by atoms with E-state index in [0.29, 0.717) is 5.56 Å². The second kappa shape index (κ2) is 4.47. The largest absolute Gasteiger partial charge is 0.281 e. The maximum atomic E-state index is 12.5. The van der Waals surface area contributed by atoms with Crippen LogP contribution < -0.4 is 0 Å². The molecule has 1 rings (SSSR count). The molecule has 5 heteroatoms. The SMILES string of the molecule is Cc1cc(CC#N)nc(C(F)F)c1C#N. The number of hydrogen-bond donors (Lipinski definition) is 0. The predicted molar refractivity (Wildman–Crippen MR) is 48.0 cm³/mol. The molecule has 0 fully saturated rings. The topological polar surface area (TPSA) is 60.5 Å². The van der Waals surface area contributed by atoms with E-state index in [0.717, 1.165) is 0 Å². The molecule has 0 atom stereocenters. The third-order valence-corrected chi connectivity index (χ3v) is 1.88. The van der Waals surface area contributed by atoms with Crippen LogP contribution in [-0.4, -0.2) is 4.98 Å². The third-order valence-electron chi connectivity index (χ3n) is 1.88. The van der Waals surface area contributed by atoms with Gasteiger partial charge >= 0.3 is 0 Å². The molecule has 0 N–H and O–H groups in total. The number of halogens is 2. The highest BCUT2D eigenvalue weighted by Gasteiger charge is 2.17. The van der Waals surface area contributed by atoms with Gasteiger partial charge in [-0.1, -0.05) is 0 Å². The summed E-state index contributed by atoms with van der Waals surface area (Å²) in [5.74, 6) is 0. The second-order valence-electron chi connectivity index (χ2n) is 2.94. The number of aryl methyl sites for hydroxylation is 1. The van der Waals surface area contributed by atoms with Gasteiger partial charge in [0.25, 0.3) is 6.43 Å². The van der Waals surface area contributed by atoms with E-state index in [1.165, 1.54) is 6.07 Å². The fourth-order valence-electron chi connectivity index (χ4n) is 1.24. The lowest BCUT2D eigenvalue weighted by Gasteiger charge is -2.06. The third kappa shape index (κ3) is 2.26. The molecule has 1 aromatic rings. The molecule has 0 aliphatic heterocycles. The number of pyridine rings is 1. The number of alkyl halides is 2. The van der Waals surface area contributed by atoms with Crippen LogP contribution in [-0.2, 0) is 6.42 Å². The molecule has 0 aliphatic carbocycles. The van der Waals surface area contributed by atoms with E-state index < -0.39 is 12.1 Å². The van der Waals surface area contributed by atoms with Crippen LogP contribution in [0.4, 0.5) is 8.78 Å². The molecule has 0 saturated carbocycles. The first-order chi connectivity index (χ1) is 7.10. The van der Waals surface area contributed by atoms with Crippen LogP contribution in [0.25, 0.3) is 0 Å². The van der Waals surface area contributed by atoms with Gasteiger partial charge in [-0.3, -0.25) is 0 Å². The molecule has 1 heterocycles.